The molecule has 2 saturated heterocycles. The number of nitrogens with zero attached hydrogens (tertiary/aromatic N) is 3. The van der Waals surface area contributed by atoms with E-state index in [1.54, 1.807) is 14.7 Å². The molecule has 8 nitrogen and oxygen atoms in total. The van der Waals surface area contributed by atoms with Gasteiger partial charge in [0.05, 0.1) is 30.1 Å². The van der Waals surface area contributed by atoms with E-state index in [2.05, 4.69) is 0 Å². The van der Waals surface area contributed by atoms with E-state index in [1.807, 2.05) is 118 Å². The van der Waals surface area contributed by atoms with Crippen molar-refractivity contribution in [1.29, 1.82) is 0 Å². The molecule has 1 N–H and O–H groups in total. The zero-order valence-electron chi connectivity index (χ0n) is 26.6. The van der Waals surface area contributed by atoms with Crippen molar-refractivity contribution in [2.24, 2.45) is 17.8 Å². The second-order valence-corrected chi connectivity index (χ2v) is 13.1. The molecule has 7 atom stereocenters. The molecule has 46 heavy (non-hydrogen) atoms. The van der Waals surface area contributed by atoms with Gasteiger partial charge in [0.15, 0.2) is 0 Å². The number of benzene rings is 3. The number of carbonyl (C=O) groups is 3. The Morgan fingerprint density at radius 3 is 2.17 bits per heavy atom. The van der Waals surface area contributed by atoms with Gasteiger partial charge in [-0.05, 0) is 47.4 Å². The van der Waals surface area contributed by atoms with Gasteiger partial charge in [-0.2, -0.15) is 0 Å². The third kappa shape index (κ3) is 4.37. The van der Waals surface area contributed by atoms with Crippen molar-refractivity contribution in [3.8, 4) is 0 Å². The second-order valence-electron chi connectivity index (χ2n) is 13.1. The van der Waals surface area contributed by atoms with E-state index in [9.17, 15) is 14.7 Å². The molecule has 0 aliphatic carbocycles. The maximum Gasteiger partial charge on any atom is 0.253 e. The van der Waals surface area contributed by atoms with Crippen LogP contribution in [0.4, 0.5) is 11.4 Å². The van der Waals surface area contributed by atoms with Crippen molar-refractivity contribution in [3.05, 3.63) is 97.1 Å². The number of carbonyl (C=O) groups excluding carboxylic acids is 3. The van der Waals surface area contributed by atoms with Crippen LogP contribution >= 0.6 is 0 Å². The monoisotopic (exact) mass is 619 g/mol. The van der Waals surface area contributed by atoms with E-state index in [-0.39, 0.29) is 36.8 Å². The van der Waals surface area contributed by atoms with Gasteiger partial charge in [-0.15, -0.1) is 0 Å². The van der Waals surface area contributed by atoms with E-state index in [4.69, 9.17) is 4.74 Å². The molecule has 1 unspecified atom stereocenters. The van der Waals surface area contributed by atoms with Gasteiger partial charge in [0, 0.05) is 24.5 Å². The number of hydrogen-bond acceptors (Lipinski definition) is 5. The van der Waals surface area contributed by atoms with E-state index in [1.165, 1.54) is 0 Å². The van der Waals surface area contributed by atoms with Crippen molar-refractivity contribution in [3.63, 3.8) is 0 Å². The summed E-state index contributed by atoms with van der Waals surface area (Å²) in [4.78, 5) is 49.8. The summed E-state index contributed by atoms with van der Waals surface area (Å²) in [6, 6.07) is 21.7. The number of aliphatic hydroxyl groups is 1. The quantitative estimate of drug-likeness (QED) is 0.371. The first kappa shape index (κ1) is 30.4. The normalized spacial score (nSPS) is 30.2. The first-order chi connectivity index (χ1) is 22.3. The van der Waals surface area contributed by atoms with Crippen LogP contribution in [-0.4, -0.2) is 70.7 Å². The number of para-hydroxylation sites is 1. The number of rotatable bonds is 7. The van der Waals surface area contributed by atoms with Crippen LogP contribution < -0.4 is 9.80 Å². The fourth-order valence-corrected chi connectivity index (χ4v) is 8.29. The standard InChI is InChI=1S/C38H41N3O5/c1-4-25(3)30(24-42)41-33-36(45)40(29-18-17-26-13-9-10-14-27(26)23-29)22-12-20-38(33)32(35(41)44)31-34(43)39(28-15-7-6-8-16-28)21-11-19-37(31,5-2)46-38/h6-20,23,25,30-33,42H,4-5,21-22,24H2,1-3H3/t25-,30-,31-,32-,33?,37+,38-/m0/s1. The first-order valence-corrected chi connectivity index (χ1v) is 16.5. The lowest BCUT2D eigenvalue weighted by Crippen LogP contribution is -2.60. The highest BCUT2D eigenvalue weighted by atomic mass is 16.5. The van der Waals surface area contributed by atoms with Crippen molar-refractivity contribution in [2.75, 3.05) is 29.5 Å². The minimum atomic E-state index is -1.40. The lowest BCUT2D eigenvalue weighted by molar-refractivity contribution is -0.150. The molecule has 1 spiro atoms. The second kappa shape index (κ2) is 11.5. The molecule has 4 aliphatic rings. The highest BCUT2D eigenvalue weighted by molar-refractivity contribution is 6.08. The molecule has 0 aromatic heterocycles. The van der Waals surface area contributed by atoms with Gasteiger partial charge in [0.1, 0.15) is 11.6 Å². The van der Waals surface area contributed by atoms with Crippen molar-refractivity contribution < 1.29 is 24.2 Å². The highest BCUT2D eigenvalue weighted by Crippen LogP contribution is 2.59. The lowest BCUT2D eigenvalue weighted by Gasteiger charge is -2.42. The highest BCUT2D eigenvalue weighted by Gasteiger charge is 2.76. The Kier molecular flexibility index (Phi) is 7.60. The summed E-state index contributed by atoms with van der Waals surface area (Å²) >= 11 is 0. The van der Waals surface area contributed by atoms with Crippen LogP contribution in [0.3, 0.4) is 0 Å². The molecule has 0 saturated carbocycles. The van der Waals surface area contributed by atoms with E-state index in [0.717, 1.165) is 16.5 Å². The van der Waals surface area contributed by atoms with Gasteiger partial charge in [0.25, 0.3) is 5.91 Å². The average Bonchev–Trinajstić information content (AvgIpc) is 3.37. The van der Waals surface area contributed by atoms with E-state index in [0.29, 0.717) is 25.1 Å². The van der Waals surface area contributed by atoms with Crippen LogP contribution in [0.2, 0.25) is 0 Å². The SMILES string of the molecule is CC[C@H](C)[C@H](CO)N1C(=O)[C@@H]2[C@H]3C(=O)N(c4ccccc4)CC=C[C@@]3(CC)O[C@@]23C=CCN(c2ccc4ccccc4c2)C(=O)C13. The summed E-state index contributed by atoms with van der Waals surface area (Å²) < 4.78 is 7.15. The number of anilines is 2. The summed E-state index contributed by atoms with van der Waals surface area (Å²) in [7, 11) is 0. The summed E-state index contributed by atoms with van der Waals surface area (Å²) in [5.41, 5.74) is -1.03. The molecule has 238 valence electrons. The minimum absolute atomic E-state index is 0.0968. The molecular weight excluding hydrogens is 578 g/mol. The number of fused-ring (bicyclic) bond motifs is 3. The largest absolute Gasteiger partial charge is 0.394 e. The maximum absolute atomic E-state index is 15.0. The Morgan fingerprint density at radius 2 is 1.48 bits per heavy atom. The number of aliphatic hydroxyl groups excluding tert-OH is 1. The Hall–Kier alpha value is -4.27. The Bertz CT molecular complexity index is 1740. The molecule has 0 bridgehead atoms. The number of hydrogen-bond donors (Lipinski definition) is 1. The van der Waals surface area contributed by atoms with Gasteiger partial charge in [0.2, 0.25) is 11.8 Å². The fourth-order valence-electron chi connectivity index (χ4n) is 8.29. The smallest absolute Gasteiger partial charge is 0.253 e. The van der Waals surface area contributed by atoms with Crippen LogP contribution in [0.25, 0.3) is 10.8 Å². The topological polar surface area (TPSA) is 90.4 Å². The number of ether oxygens (including phenoxy) is 1. The van der Waals surface area contributed by atoms with Gasteiger partial charge < -0.3 is 24.5 Å². The molecule has 3 aromatic rings. The molecule has 4 aliphatic heterocycles. The third-order valence-electron chi connectivity index (χ3n) is 10.8. The van der Waals surface area contributed by atoms with Crippen molar-refractivity contribution in [2.45, 2.75) is 56.9 Å². The van der Waals surface area contributed by atoms with Crippen LogP contribution in [0.5, 0.6) is 0 Å². The lowest BCUT2D eigenvalue weighted by atomic mass is 9.73. The minimum Gasteiger partial charge on any atom is -0.394 e. The molecule has 7 rings (SSSR count). The first-order valence-electron chi connectivity index (χ1n) is 16.5. The Morgan fingerprint density at radius 1 is 0.804 bits per heavy atom. The molecule has 4 heterocycles. The number of likely N-dealkylation sites (tertiary alicyclic amines) is 1. The predicted octanol–water partition coefficient (Wildman–Crippen LogP) is 5.11. The molecule has 3 aromatic carbocycles. The van der Waals surface area contributed by atoms with Crippen LogP contribution in [0.15, 0.2) is 97.1 Å². The average molecular weight is 620 g/mol. The van der Waals surface area contributed by atoms with E-state index >= 15 is 4.79 Å². The van der Waals surface area contributed by atoms with Gasteiger partial charge in [-0.1, -0.05) is 100 Å². The van der Waals surface area contributed by atoms with Crippen molar-refractivity contribution in [1.82, 2.24) is 4.90 Å². The predicted molar refractivity (Wildman–Crippen MR) is 178 cm³/mol. The summed E-state index contributed by atoms with van der Waals surface area (Å²) in [5, 5.41) is 12.8. The maximum atomic E-state index is 15.0. The zero-order chi connectivity index (χ0) is 32.2. The van der Waals surface area contributed by atoms with Gasteiger partial charge >= 0.3 is 0 Å². The number of amides is 3. The summed E-state index contributed by atoms with van der Waals surface area (Å²) in [6.45, 7) is 6.29. The van der Waals surface area contributed by atoms with Gasteiger partial charge in [-0.3, -0.25) is 14.4 Å². The van der Waals surface area contributed by atoms with Crippen LogP contribution in [-0.2, 0) is 19.1 Å². The molecule has 2 fully saturated rings. The van der Waals surface area contributed by atoms with Crippen LogP contribution in [0, 0.1) is 17.8 Å². The molecule has 0 radical (unpaired) electrons. The van der Waals surface area contributed by atoms with Crippen LogP contribution in [0.1, 0.15) is 33.6 Å². The third-order valence-corrected chi connectivity index (χ3v) is 10.8. The Labute approximate surface area is 269 Å². The molecular formula is C38H41N3O5. The summed E-state index contributed by atoms with van der Waals surface area (Å²) in [5.74, 6) is -2.71. The molecule has 8 heteroatoms. The fraction of sp³-hybridized carbons (Fsp3) is 0.395. The Balaban J connectivity index is 1.39. The summed E-state index contributed by atoms with van der Waals surface area (Å²) in [6.07, 6.45) is 8.83. The zero-order valence-corrected chi connectivity index (χ0v) is 26.6. The van der Waals surface area contributed by atoms with Crippen molar-refractivity contribution >= 4 is 39.9 Å². The van der Waals surface area contributed by atoms with Gasteiger partial charge in [-0.25, -0.2) is 0 Å². The van der Waals surface area contributed by atoms with E-state index < -0.39 is 35.1 Å². The molecule has 3 amide bonds.